The molecule has 1 aliphatic carbocycles. The maximum Gasteiger partial charge on any atom is 0.425 e. The fourth-order valence-corrected chi connectivity index (χ4v) is 6.31. The highest BCUT2D eigenvalue weighted by atomic mass is 16.6. The Hall–Kier alpha value is -5.15. The van der Waals surface area contributed by atoms with Crippen LogP contribution in [0.4, 0.5) is 36.5 Å². The summed E-state index contributed by atoms with van der Waals surface area (Å²) in [6.45, 7) is 20.8. The van der Waals surface area contributed by atoms with Crippen molar-refractivity contribution in [2.24, 2.45) is 0 Å². The molecule has 1 fully saturated rings. The van der Waals surface area contributed by atoms with E-state index in [0.717, 1.165) is 54.5 Å². The standard InChI is InChI=1S/C40H58N6O10/c1-24-21-25(22-26-27(24)31(47)44-40(26)17-15-14-16-18-40)43-29-28(52-20-19-45(32(48)53-36(2,3)4)33(49)54-37(5,6)7)30(42-23-41-29)46(34(50)55-38(8,9)10)35(51)56-39(11,12)13/h21-23H,14-20H2,1-13H3,(H,44,47)(H,41,42,43). The first kappa shape index (κ1) is 43.6. The van der Waals surface area contributed by atoms with E-state index in [1.165, 1.54) is 0 Å². The SMILES string of the molecule is Cc1cc(Nc2ncnc(N(C(=O)OC(C)(C)C)C(=O)OC(C)(C)C)c2OCCN(C(=O)OC(C)(C)C)C(=O)OC(C)(C)C)cc2c1C(=O)NC21CCCCC1. The average molecular weight is 783 g/mol. The number of amides is 5. The van der Waals surface area contributed by atoms with E-state index in [1.807, 2.05) is 13.0 Å². The number of hydrogen-bond donors (Lipinski definition) is 2. The molecule has 1 aromatic heterocycles. The molecular weight excluding hydrogens is 724 g/mol. The summed E-state index contributed by atoms with van der Waals surface area (Å²) in [5, 5.41) is 6.49. The molecule has 0 saturated heterocycles. The van der Waals surface area contributed by atoms with Gasteiger partial charge in [0.15, 0.2) is 11.6 Å². The van der Waals surface area contributed by atoms with E-state index < -0.39 is 58.9 Å². The monoisotopic (exact) mass is 782 g/mol. The second-order valence-electron chi connectivity index (χ2n) is 18.1. The normalized spacial score (nSPS) is 15.3. The molecule has 4 rings (SSSR count). The molecule has 0 radical (unpaired) electrons. The Labute approximate surface area is 329 Å². The molecular formula is C40H58N6O10. The van der Waals surface area contributed by atoms with Crippen LogP contribution in [0.3, 0.4) is 0 Å². The lowest BCUT2D eigenvalue weighted by molar-refractivity contribution is -0.000715. The molecule has 2 aliphatic rings. The van der Waals surface area contributed by atoms with Crippen LogP contribution in [0.1, 0.15) is 137 Å². The van der Waals surface area contributed by atoms with Crippen LogP contribution in [0.25, 0.3) is 0 Å². The van der Waals surface area contributed by atoms with Crippen molar-refractivity contribution >= 4 is 47.6 Å². The van der Waals surface area contributed by atoms with Crippen molar-refractivity contribution in [1.82, 2.24) is 20.2 Å². The molecule has 56 heavy (non-hydrogen) atoms. The number of carbonyl (C=O) groups is 5. The smallest absolute Gasteiger partial charge is 0.425 e. The number of nitrogens with zero attached hydrogens (tertiary/aromatic N) is 4. The number of imide groups is 2. The maximum atomic E-state index is 13.8. The molecule has 5 amide bonds. The average Bonchev–Trinajstić information content (AvgIpc) is 3.27. The van der Waals surface area contributed by atoms with Gasteiger partial charge in [-0.3, -0.25) is 4.79 Å². The number of carbonyl (C=O) groups excluding carboxylic acids is 5. The van der Waals surface area contributed by atoms with Crippen LogP contribution in [0.2, 0.25) is 0 Å². The van der Waals surface area contributed by atoms with E-state index in [-0.39, 0.29) is 29.8 Å². The predicted octanol–water partition coefficient (Wildman–Crippen LogP) is 8.66. The molecule has 16 nitrogen and oxygen atoms in total. The van der Waals surface area contributed by atoms with Crippen LogP contribution >= 0.6 is 0 Å². The number of hydrogen-bond acceptors (Lipinski definition) is 13. The number of ether oxygens (including phenoxy) is 5. The lowest BCUT2D eigenvalue weighted by Crippen LogP contribution is -2.45. The lowest BCUT2D eigenvalue weighted by atomic mass is 9.77. The van der Waals surface area contributed by atoms with Gasteiger partial charge in [-0.25, -0.2) is 34.0 Å². The van der Waals surface area contributed by atoms with Crippen LogP contribution in [0.5, 0.6) is 5.75 Å². The zero-order valence-electron chi connectivity index (χ0n) is 35.1. The van der Waals surface area contributed by atoms with Crippen molar-refractivity contribution in [2.75, 3.05) is 23.4 Å². The molecule has 0 unspecified atom stereocenters. The first-order chi connectivity index (χ1) is 25.7. The molecule has 1 aliphatic heterocycles. The van der Waals surface area contributed by atoms with Gasteiger partial charge in [-0.15, -0.1) is 0 Å². The van der Waals surface area contributed by atoms with E-state index in [9.17, 15) is 24.0 Å². The first-order valence-corrected chi connectivity index (χ1v) is 18.9. The number of fused-ring (bicyclic) bond motifs is 2. The third kappa shape index (κ3) is 11.2. The maximum absolute atomic E-state index is 13.8. The summed E-state index contributed by atoms with van der Waals surface area (Å²) in [6.07, 6.45) is 1.58. The van der Waals surface area contributed by atoms with E-state index in [2.05, 4.69) is 20.6 Å². The third-order valence-electron chi connectivity index (χ3n) is 8.34. The number of aromatic nitrogens is 2. The van der Waals surface area contributed by atoms with Crippen molar-refractivity contribution in [3.8, 4) is 5.75 Å². The first-order valence-electron chi connectivity index (χ1n) is 18.9. The molecule has 1 spiro atoms. The van der Waals surface area contributed by atoms with Gasteiger partial charge in [-0.2, -0.15) is 4.90 Å². The van der Waals surface area contributed by atoms with Crippen molar-refractivity contribution in [2.45, 2.75) is 150 Å². The summed E-state index contributed by atoms with van der Waals surface area (Å²) in [5.74, 6) is -0.658. The second-order valence-corrected chi connectivity index (χ2v) is 18.1. The molecule has 1 saturated carbocycles. The molecule has 1 aromatic carbocycles. The summed E-state index contributed by atoms with van der Waals surface area (Å²) >= 11 is 0. The van der Waals surface area contributed by atoms with Crippen LogP contribution in [0.15, 0.2) is 18.5 Å². The zero-order valence-corrected chi connectivity index (χ0v) is 35.1. The minimum Gasteiger partial charge on any atom is -0.484 e. The molecule has 0 atom stereocenters. The van der Waals surface area contributed by atoms with E-state index in [0.29, 0.717) is 16.2 Å². The zero-order chi connectivity index (χ0) is 42.0. The van der Waals surface area contributed by atoms with Crippen molar-refractivity contribution in [1.29, 1.82) is 0 Å². The summed E-state index contributed by atoms with van der Waals surface area (Å²) in [5.41, 5.74) is -1.67. The van der Waals surface area contributed by atoms with Gasteiger partial charge >= 0.3 is 24.4 Å². The highest BCUT2D eigenvalue weighted by Crippen LogP contribution is 2.45. The Morgan fingerprint density at radius 2 is 1.25 bits per heavy atom. The minimum atomic E-state index is -1.11. The van der Waals surface area contributed by atoms with Gasteiger partial charge in [0.2, 0.25) is 5.75 Å². The summed E-state index contributed by atoms with van der Waals surface area (Å²) in [4.78, 5) is 77.5. The van der Waals surface area contributed by atoms with Crippen molar-refractivity contribution in [3.63, 3.8) is 0 Å². The number of aryl methyl sites for hydroxylation is 1. The van der Waals surface area contributed by atoms with Crippen molar-refractivity contribution < 1.29 is 47.7 Å². The summed E-state index contributed by atoms with van der Waals surface area (Å²) < 4.78 is 28.5. The van der Waals surface area contributed by atoms with E-state index in [1.54, 1.807) is 89.2 Å². The number of anilines is 3. The number of nitrogens with one attached hydrogen (secondary N) is 2. The second kappa shape index (κ2) is 16.1. The van der Waals surface area contributed by atoms with Gasteiger partial charge in [0.1, 0.15) is 35.3 Å². The Bertz CT molecular complexity index is 1770. The van der Waals surface area contributed by atoms with Gasteiger partial charge in [-0.1, -0.05) is 19.3 Å². The van der Waals surface area contributed by atoms with Crippen LogP contribution < -0.4 is 20.3 Å². The van der Waals surface area contributed by atoms with Crippen LogP contribution in [-0.2, 0) is 24.5 Å². The Balaban J connectivity index is 1.83. The Kier molecular flexibility index (Phi) is 12.6. The Morgan fingerprint density at radius 1 is 0.750 bits per heavy atom. The van der Waals surface area contributed by atoms with Gasteiger partial charge in [0.25, 0.3) is 5.91 Å². The third-order valence-corrected chi connectivity index (χ3v) is 8.34. The molecule has 2 heterocycles. The molecule has 0 bridgehead atoms. The Morgan fingerprint density at radius 3 is 1.75 bits per heavy atom. The van der Waals surface area contributed by atoms with Crippen molar-refractivity contribution in [3.05, 3.63) is 35.2 Å². The predicted molar refractivity (Wildman–Crippen MR) is 208 cm³/mol. The number of rotatable bonds is 7. The van der Waals surface area contributed by atoms with Gasteiger partial charge in [0.05, 0.1) is 12.1 Å². The van der Waals surface area contributed by atoms with Gasteiger partial charge in [0, 0.05) is 11.3 Å². The summed E-state index contributed by atoms with van der Waals surface area (Å²) in [6, 6.07) is 3.68. The van der Waals surface area contributed by atoms with E-state index >= 15 is 0 Å². The number of benzene rings is 1. The van der Waals surface area contributed by atoms with Crippen LogP contribution in [-0.4, -0.2) is 80.7 Å². The highest BCUT2D eigenvalue weighted by Gasteiger charge is 2.44. The topological polar surface area (TPSA) is 188 Å². The largest absolute Gasteiger partial charge is 0.484 e. The van der Waals surface area contributed by atoms with Gasteiger partial charge < -0.3 is 34.3 Å². The lowest BCUT2D eigenvalue weighted by Gasteiger charge is -2.34. The minimum absolute atomic E-state index is 0.0162. The quantitative estimate of drug-likeness (QED) is 0.254. The molecule has 2 N–H and O–H groups in total. The van der Waals surface area contributed by atoms with E-state index in [4.69, 9.17) is 23.7 Å². The highest BCUT2D eigenvalue weighted by molar-refractivity contribution is 6.10. The fourth-order valence-electron chi connectivity index (χ4n) is 6.31. The summed E-state index contributed by atoms with van der Waals surface area (Å²) in [7, 11) is 0. The molecule has 16 heteroatoms. The van der Waals surface area contributed by atoms with Crippen LogP contribution in [0, 0.1) is 6.92 Å². The van der Waals surface area contributed by atoms with Gasteiger partial charge in [-0.05, 0) is 126 Å². The molecule has 2 aromatic rings. The molecule has 308 valence electrons. The fraction of sp³-hybridized carbons (Fsp3) is 0.625.